The third-order valence-electron chi connectivity index (χ3n) is 4.83. The summed E-state index contributed by atoms with van der Waals surface area (Å²) in [5, 5.41) is 10.1. The molecule has 1 aliphatic heterocycles. The number of fused-ring (bicyclic) bond motifs is 1. The number of piperazine rings is 1. The van der Waals surface area contributed by atoms with Gasteiger partial charge in [-0.25, -0.2) is 0 Å². The first-order chi connectivity index (χ1) is 15.0. The number of hydrogen-bond acceptors (Lipinski definition) is 5. The van der Waals surface area contributed by atoms with Gasteiger partial charge in [-0.1, -0.05) is 44.2 Å². The lowest BCUT2D eigenvalue weighted by molar-refractivity contribution is -0.113. The Bertz CT molecular complexity index is 932. The largest absolute Gasteiger partial charge is 0.391 e. The van der Waals surface area contributed by atoms with Crippen LogP contribution in [0.4, 0.5) is 5.69 Å². The van der Waals surface area contributed by atoms with E-state index in [0.717, 1.165) is 36.6 Å². The summed E-state index contributed by atoms with van der Waals surface area (Å²) < 4.78 is 1.25. The molecule has 6 heteroatoms. The van der Waals surface area contributed by atoms with Crippen LogP contribution in [-0.2, 0) is 11.4 Å². The fraction of sp³-hybridized carbons (Fsp3) is 0.320. The van der Waals surface area contributed by atoms with Crippen LogP contribution in [0.1, 0.15) is 25.7 Å². The molecule has 31 heavy (non-hydrogen) atoms. The summed E-state index contributed by atoms with van der Waals surface area (Å²) in [4.78, 5) is 16.4. The Balaban J connectivity index is 0.000000314. The number of primary amides is 1. The number of aliphatic hydroxyl groups is 1. The first-order valence-corrected chi connectivity index (χ1v) is 11.5. The van der Waals surface area contributed by atoms with Gasteiger partial charge in [0.1, 0.15) is 0 Å². The summed E-state index contributed by atoms with van der Waals surface area (Å²) in [5.41, 5.74) is 7.29. The fourth-order valence-corrected chi connectivity index (χ4v) is 4.08. The van der Waals surface area contributed by atoms with E-state index in [1.165, 1.54) is 21.8 Å². The zero-order chi connectivity index (χ0) is 22.6. The van der Waals surface area contributed by atoms with Gasteiger partial charge in [-0.15, -0.1) is 11.3 Å². The Labute approximate surface area is 190 Å². The first-order valence-electron chi connectivity index (χ1n) is 10.6. The number of amides is 1. The number of thiophene rings is 1. The number of aliphatic hydroxyl groups excluding tert-OH is 1. The van der Waals surface area contributed by atoms with E-state index in [-0.39, 0.29) is 8.03 Å². The molecule has 1 aliphatic rings. The molecule has 0 radical (unpaired) electrons. The van der Waals surface area contributed by atoms with Crippen LogP contribution in [0.3, 0.4) is 0 Å². The maximum Gasteiger partial charge on any atom is 0.241 e. The van der Waals surface area contributed by atoms with Gasteiger partial charge in [-0.3, -0.25) is 4.79 Å². The third-order valence-corrected chi connectivity index (χ3v) is 5.93. The van der Waals surface area contributed by atoms with Gasteiger partial charge in [0.25, 0.3) is 0 Å². The van der Waals surface area contributed by atoms with Crippen molar-refractivity contribution in [3.63, 3.8) is 0 Å². The predicted octanol–water partition coefficient (Wildman–Crippen LogP) is 4.60. The van der Waals surface area contributed by atoms with E-state index in [4.69, 9.17) is 10.8 Å². The molecule has 2 aromatic carbocycles. The molecule has 0 bridgehead atoms. The molecule has 4 rings (SSSR count). The van der Waals surface area contributed by atoms with Gasteiger partial charge in [0.15, 0.2) is 0 Å². The lowest BCUT2D eigenvalue weighted by atomic mass is 10.1. The molecule has 5 nitrogen and oxygen atoms in total. The van der Waals surface area contributed by atoms with Gasteiger partial charge >= 0.3 is 0 Å². The van der Waals surface area contributed by atoms with Crippen LogP contribution in [0.5, 0.6) is 0 Å². The van der Waals surface area contributed by atoms with Crippen LogP contribution in [0, 0.1) is 0 Å². The van der Waals surface area contributed by atoms with E-state index in [2.05, 4.69) is 41.1 Å². The summed E-state index contributed by atoms with van der Waals surface area (Å²) in [7, 11) is 2.15. The second-order valence-corrected chi connectivity index (χ2v) is 8.19. The molecule has 0 aliphatic carbocycles. The van der Waals surface area contributed by atoms with Crippen molar-refractivity contribution in [2.75, 3.05) is 38.1 Å². The van der Waals surface area contributed by atoms with Crippen LogP contribution >= 0.6 is 11.3 Å². The lowest BCUT2D eigenvalue weighted by Crippen LogP contribution is -2.44. The van der Waals surface area contributed by atoms with E-state index in [1.807, 2.05) is 44.2 Å². The standard InChI is InChI=1S/C14H19N3O.C9H8OS.C2H6.H2/c1-16-8-10-17(11-9-16)13-5-2-12(3-6-13)4-7-14(15)18;10-6-8-5-7-3-1-2-4-9(7)11-8;1-2;/h2-7H,8-11H2,1H3,(H2,15,18);1-5,10H,6H2;1-2H3;1H/b7-4+;;;. The Kier molecular flexibility index (Phi) is 10.2. The number of carbonyl (C=O) groups excluding carboxylic acids is 1. The average molecular weight is 442 g/mol. The minimum Gasteiger partial charge on any atom is -0.391 e. The molecule has 1 fully saturated rings. The molecule has 0 atom stereocenters. The van der Waals surface area contributed by atoms with Crippen LogP contribution in [0.2, 0.25) is 0 Å². The Morgan fingerprint density at radius 1 is 1.10 bits per heavy atom. The lowest BCUT2D eigenvalue weighted by Gasteiger charge is -2.34. The van der Waals surface area contributed by atoms with Crippen LogP contribution in [0.15, 0.2) is 60.7 Å². The highest BCUT2D eigenvalue weighted by Gasteiger charge is 2.13. The highest BCUT2D eigenvalue weighted by atomic mass is 32.1. The second-order valence-electron chi connectivity index (χ2n) is 7.03. The van der Waals surface area contributed by atoms with E-state index in [1.54, 1.807) is 17.4 Å². The number of benzene rings is 2. The van der Waals surface area contributed by atoms with Crippen LogP contribution in [-0.4, -0.2) is 49.1 Å². The molecular formula is C25H35N3O2S. The van der Waals surface area contributed by atoms with Crippen molar-refractivity contribution in [1.29, 1.82) is 0 Å². The molecule has 2 heterocycles. The zero-order valence-electron chi connectivity index (χ0n) is 18.6. The van der Waals surface area contributed by atoms with Gasteiger partial charge < -0.3 is 20.6 Å². The van der Waals surface area contributed by atoms with Crippen LogP contribution in [0.25, 0.3) is 16.2 Å². The molecule has 168 valence electrons. The summed E-state index contributed by atoms with van der Waals surface area (Å²) in [6.45, 7) is 8.48. The van der Waals surface area contributed by atoms with Crippen molar-refractivity contribution < 1.29 is 11.3 Å². The fourth-order valence-electron chi connectivity index (χ4n) is 3.15. The molecular weight excluding hydrogens is 406 g/mol. The number of carbonyl (C=O) groups is 1. The summed E-state index contributed by atoms with van der Waals surface area (Å²) in [6, 6.07) is 18.4. The summed E-state index contributed by atoms with van der Waals surface area (Å²) in [6.07, 6.45) is 3.11. The van der Waals surface area contributed by atoms with Gasteiger partial charge in [0.2, 0.25) is 5.91 Å². The summed E-state index contributed by atoms with van der Waals surface area (Å²) >= 11 is 1.65. The summed E-state index contributed by atoms with van der Waals surface area (Å²) in [5.74, 6) is -0.418. The SMILES string of the molecule is CC.CN1CCN(c2ccc(/C=C/C(N)=O)cc2)CC1.OCc1cc2ccccc2s1.[HH]. The maximum atomic E-state index is 10.6. The molecule has 1 amide bonds. The van der Waals surface area contributed by atoms with Crippen molar-refractivity contribution >= 4 is 39.1 Å². The van der Waals surface area contributed by atoms with E-state index in [0.29, 0.717) is 0 Å². The maximum absolute atomic E-state index is 10.6. The Morgan fingerprint density at radius 3 is 2.32 bits per heavy atom. The second kappa shape index (κ2) is 12.9. The average Bonchev–Trinajstić information content (AvgIpc) is 3.24. The Hall–Kier alpha value is -2.67. The normalized spacial score (nSPS) is 14.0. The molecule has 3 N–H and O–H groups in total. The highest BCUT2D eigenvalue weighted by molar-refractivity contribution is 7.19. The Morgan fingerprint density at radius 2 is 1.74 bits per heavy atom. The number of nitrogens with two attached hydrogens (primary N) is 1. The molecule has 0 spiro atoms. The molecule has 0 unspecified atom stereocenters. The minimum atomic E-state index is -0.418. The number of rotatable bonds is 4. The van der Waals surface area contributed by atoms with Crippen molar-refractivity contribution in [3.8, 4) is 0 Å². The molecule has 1 aromatic heterocycles. The zero-order valence-corrected chi connectivity index (χ0v) is 19.4. The van der Waals surface area contributed by atoms with Crippen LogP contribution < -0.4 is 10.6 Å². The molecule has 0 saturated carbocycles. The number of nitrogens with zero attached hydrogens (tertiary/aromatic N) is 2. The third kappa shape index (κ3) is 7.83. The van der Waals surface area contributed by atoms with Gasteiger partial charge in [0, 0.05) is 48.9 Å². The van der Waals surface area contributed by atoms with Gasteiger partial charge in [0.05, 0.1) is 6.61 Å². The molecule has 3 aromatic rings. The predicted molar refractivity (Wildman–Crippen MR) is 136 cm³/mol. The van der Waals surface area contributed by atoms with Crippen molar-refractivity contribution in [2.24, 2.45) is 5.73 Å². The number of anilines is 1. The first kappa shape index (κ1) is 24.6. The van der Waals surface area contributed by atoms with E-state index in [9.17, 15) is 4.79 Å². The topological polar surface area (TPSA) is 69.8 Å². The van der Waals surface area contributed by atoms with E-state index < -0.39 is 5.91 Å². The minimum absolute atomic E-state index is 0. The number of likely N-dealkylation sites (N-methyl/N-ethyl adjacent to an activating group) is 1. The molecule has 1 saturated heterocycles. The van der Waals surface area contributed by atoms with Gasteiger partial charge in [-0.2, -0.15) is 0 Å². The monoisotopic (exact) mass is 441 g/mol. The smallest absolute Gasteiger partial charge is 0.241 e. The van der Waals surface area contributed by atoms with Crippen molar-refractivity contribution in [1.82, 2.24) is 4.90 Å². The quantitative estimate of drug-likeness (QED) is 0.581. The van der Waals surface area contributed by atoms with Crippen molar-refractivity contribution in [2.45, 2.75) is 20.5 Å². The van der Waals surface area contributed by atoms with Crippen molar-refractivity contribution in [3.05, 3.63) is 71.1 Å². The number of hydrogen-bond donors (Lipinski definition) is 2. The van der Waals surface area contributed by atoms with E-state index >= 15 is 0 Å². The van der Waals surface area contributed by atoms with Gasteiger partial charge in [-0.05, 0) is 48.3 Å². The highest BCUT2D eigenvalue weighted by Crippen LogP contribution is 2.24.